The number of benzene rings is 2. The number of aromatic hydroxyl groups is 2. The molecule has 120 valence electrons. The lowest BCUT2D eigenvalue weighted by Gasteiger charge is -2.07. The number of hydrogen-bond acceptors (Lipinski definition) is 5. The Bertz CT molecular complexity index is 724. The first-order valence-corrected chi connectivity index (χ1v) is 7.07. The second-order valence-electron chi connectivity index (χ2n) is 4.71. The number of rotatable bonds is 5. The van der Waals surface area contributed by atoms with Crippen molar-refractivity contribution in [2.45, 2.75) is 6.92 Å². The lowest BCUT2D eigenvalue weighted by molar-refractivity contribution is -0.123. The van der Waals surface area contributed by atoms with Crippen LogP contribution in [0.15, 0.2) is 41.5 Å². The van der Waals surface area contributed by atoms with E-state index in [-0.39, 0.29) is 18.1 Å². The van der Waals surface area contributed by atoms with E-state index in [2.05, 4.69) is 10.5 Å². The molecule has 0 bridgehead atoms. The number of phenols is 2. The van der Waals surface area contributed by atoms with Gasteiger partial charge >= 0.3 is 0 Å². The van der Waals surface area contributed by atoms with Gasteiger partial charge in [0.05, 0.1) is 11.2 Å². The third-order valence-corrected chi connectivity index (χ3v) is 3.24. The van der Waals surface area contributed by atoms with Crippen LogP contribution >= 0.6 is 11.6 Å². The minimum atomic E-state index is -0.475. The Morgan fingerprint density at radius 3 is 2.78 bits per heavy atom. The average Bonchev–Trinajstić information content (AvgIpc) is 2.49. The number of halogens is 1. The minimum absolute atomic E-state index is 0.0469. The number of nitrogens with zero attached hydrogens (tertiary/aromatic N) is 1. The van der Waals surface area contributed by atoms with Gasteiger partial charge in [0, 0.05) is 11.6 Å². The maximum atomic E-state index is 11.6. The van der Waals surface area contributed by atoms with Crippen molar-refractivity contribution in [2.24, 2.45) is 5.10 Å². The second-order valence-corrected chi connectivity index (χ2v) is 5.11. The van der Waals surface area contributed by atoms with Crippen LogP contribution in [0.1, 0.15) is 11.1 Å². The van der Waals surface area contributed by atoms with Gasteiger partial charge in [-0.3, -0.25) is 4.79 Å². The van der Waals surface area contributed by atoms with E-state index in [4.69, 9.17) is 16.3 Å². The second kappa shape index (κ2) is 7.51. The Morgan fingerprint density at radius 2 is 2.09 bits per heavy atom. The molecule has 0 fully saturated rings. The molecule has 0 atom stereocenters. The summed E-state index contributed by atoms with van der Waals surface area (Å²) in [5.74, 6) is -0.250. The van der Waals surface area contributed by atoms with E-state index in [1.165, 1.54) is 18.3 Å². The van der Waals surface area contributed by atoms with Crippen LogP contribution < -0.4 is 10.2 Å². The number of carbonyl (C=O) groups is 1. The first-order chi connectivity index (χ1) is 11.0. The summed E-state index contributed by atoms with van der Waals surface area (Å²) >= 11 is 5.91. The zero-order valence-electron chi connectivity index (χ0n) is 12.3. The number of aryl methyl sites for hydroxylation is 1. The summed E-state index contributed by atoms with van der Waals surface area (Å²) < 4.78 is 5.26. The van der Waals surface area contributed by atoms with E-state index >= 15 is 0 Å². The van der Waals surface area contributed by atoms with Gasteiger partial charge in [-0.2, -0.15) is 5.10 Å². The Kier molecular flexibility index (Phi) is 5.43. The third kappa shape index (κ3) is 4.62. The molecule has 0 aliphatic rings. The molecule has 0 aromatic heterocycles. The smallest absolute Gasteiger partial charge is 0.277 e. The first kappa shape index (κ1) is 16.6. The van der Waals surface area contributed by atoms with Gasteiger partial charge in [-0.25, -0.2) is 5.43 Å². The predicted octanol–water partition coefficient (Wildman–Crippen LogP) is 2.59. The molecule has 2 aromatic rings. The van der Waals surface area contributed by atoms with Gasteiger partial charge in [0.1, 0.15) is 17.2 Å². The quantitative estimate of drug-likeness (QED) is 0.579. The lowest BCUT2D eigenvalue weighted by atomic mass is 10.1. The van der Waals surface area contributed by atoms with Crippen LogP contribution in [-0.2, 0) is 4.79 Å². The predicted molar refractivity (Wildman–Crippen MR) is 87.2 cm³/mol. The fourth-order valence-electron chi connectivity index (χ4n) is 1.84. The van der Waals surface area contributed by atoms with Crippen LogP contribution in [0.2, 0.25) is 5.02 Å². The number of hydrogen-bond donors (Lipinski definition) is 3. The van der Waals surface area contributed by atoms with Crippen molar-refractivity contribution in [3.8, 4) is 17.2 Å². The van der Waals surface area contributed by atoms with Crippen molar-refractivity contribution < 1.29 is 19.7 Å². The van der Waals surface area contributed by atoms with Crippen LogP contribution in [-0.4, -0.2) is 28.9 Å². The standard InChI is InChI=1S/C16H15ClN2O4/c1-10-6-11(20)7-14(21)12(10)8-18-19-16(22)9-23-15-5-3-2-4-13(15)17/h2-8,20-21H,9H2,1H3,(H,19,22)/b18-8-. The van der Waals surface area contributed by atoms with Gasteiger partial charge in [0.2, 0.25) is 0 Å². The number of nitrogens with one attached hydrogen (secondary N) is 1. The highest BCUT2D eigenvalue weighted by Crippen LogP contribution is 2.25. The van der Waals surface area contributed by atoms with Crippen molar-refractivity contribution in [3.05, 3.63) is 52.5 Å². The van der Waals surface area contributed by atoms with Crippen LogP contribution in [0.5, 0.6) is 17.2 Å². The zero-order chi connectivity index (χ0) is 16.8. The molecule has 3 N–H and O–H groups in total. The number of phenolic OH excluding ortho intramolecular Hbond substituents is 2. The Labute approximate surface area is 138 Å². The number of hydrazone groups is 1. The van der Waals surface area contributed by atoms with E-state index in [1.54, 1.807) is 31.2 Å². The zero-order valence-corrected chi connectivity index (χ0v) is 13.0. The summed E-state index contributed by atoms with van der Waals surface area (Å²) in [7, 11) is 0. The van der Waals surface area contributed by atoms with Crippen LogP contribution in [0.25, 0.3) is 0 Å². The van der Waals surface area contributed by atoms with Crippen molar-refractivity contribution in [1.29, 1.82) is 0 Å². The lowest BCUT2D eigenvalue weighted by Crippen LogP contribution is -2.24. The first-order valence-electron chi connectivity index (χ1n) is 6.69. The van der Waals surface area contributed by atoms with Crippen molar-refractivity contribution in [2.75, 3.05) is 6.61 Å². The molecule has 1 amide bonds. The van der Waals surface area contributed by atoms with Gasteiger partial charge in [-0.15, -0.1) is 0 Å². The maximum absolute atomic E-state index is 11.6. The molecule has 0 aliphatic carbocycles. The molecule has 0 radical (unpaired) electrons. The van der Waals surface area contributed by atoms with E-state index in [9.17, 15) is 15.0 Å². The van der Waals surface area contributed by atoms with E-state index in [0.717, 1.165) is 0 Å². The summed E-state index contributed by atoms with van der Waals surface area (Å²) in [4.78, 5) is 11.6. The number of ether oxygens (including phenoxy) is 1. The molecule has 0 unspecified atom stereocenters. The molecule has 0 saturated carbocycles. The van der Waals surface area contributed by atoms with Gasteiger partial charge < -0.3 is 14.9 Å². The maximum Gasteiger partial charge on any atom is 0.277 e. The largest absolute Gasteiger partial charge is 0.508 e. The van der Waals surface area contributed by atoms with Gasteiger partial charge in [-0.1, -0.05) is 23.7 Å². The third-order valence-electron chi connectivity index (χ3n) is 2.93. The Balaban J connectivity index is 1.91. The van der Waals surface area contributed by atoms with Crippen LogP contribution in [0, 0.1) is 6.92 Å². The molecule has 0 heterocycles. The monoisotopic (exact) mass is 334 g/mol. The highest BCUT2D eigenvalue weighted by Gasteiger charge is 2.06. The Morgan fingerprint density at radius 1 is 1.35 bits per heavy atom. The molecular formula is C16H15ClN2O4. The van der Waals surface area contributed by atoms with Crippen molar-refractivity contribution in [1.82, 2.24) is 5.43 Å². The fourth-order valence-corrected chi connectivity index (χ4v) is 2.03. The minimum Gasteiger partial charge on any atom is -0.508 e. The van der Waals surface area contributed by atoms with E-state index in [0.29, 0.717) is 21.9 Å². The summed E-state index contributed by atoms with van der Waals surface area (Å²) in [6, 6.07) is 9.47. The van der Waals surface area contributed by atoms with Crippen LogP contribution in [0.3, 0.4) is 0 Å². The molecule has 2 aromatic carbocycles. The highest BCUT2D eigenvalue weighted by atomic mass is 35.5. The summed E-state index contributed by atoms with van der Waals surface area (Å²) in [6.07, 6.45) is 1.29. The molecule has 0 spiro atoms. The molecule has 0 saturated heterocycles. The molecule has 23 heavy (non-hydrogen) atoms. The molecule has 6 nitrogen and oxygen atoms in total. The molecule has 7 heteroatoms. The van der Waals surface area contributed by atoms with Gasteiger partial charge in [0.15, 0.2) is 6.61 Å². The normalized spacial score (nSPS) is 10.7. The number of para-hydroxylation sites is 1. The SMILES string of the molecule is Cc1cc(O)cc(O)c1/C=N\NC(=O)COc1ccccc1Cl. The van der Waals surface area contributed by atoms with E-state index < -0.39 is 5.91 Å². The average molecular weight is 335 g/mol. The molecular weight excluding hydrogens is 320 g/mol. The van der Waals surface area contributed by atoms with Crippen LogP contribution in [0.4, 0.5) is 0 Å². The summed E-state index contributed by atoms with van der Waals surface area (Å²) in [5, 5.41) is 23.2. The Hall–Kier alpha value is -2.73. The number of amides is 1. The summed E-state index contributed by atoms with van der Waals surface area (Å²) in [6.45, 7) is 1.45. The highest BCUT2D eigenvalue weighted by molar-refractivity contribution is 6.32. The van der Waals surface area contributed by atoms with E-state index in [1.807, 2.05) is 0 Å². The topological polar surface area (TPSA) is 91.1 Å². The molecule has 2 rings (SSSR count). The number of carbonyl (C=O) groups excluding carboxylic acids is 1. The van der Waals surface area contributed by atoms with Crippen molar-refractivity contribution >= 4 is 23.7 Å². The van der Waals surface area contributed by atoms with Gasteiger partial charge in [-0.05, 0) is 30.7 Å². The fraction of sp³-hybridized carbons (Fsp3) is 0.125. The summed E-state index contributed by atoms with van der Waals surface area (Å²) in [5.41, 5.74) is 3.30. The van der Waals surface area contributed by atoms with Gasteiger partial charge in [0.25, 0.3) is 5.91 Å². The van der Waals surface area contributed by atoms with Crippen molar-refractivity contribution in [3.63, 3.8) is 0 Å². The molecule has 0 aliphatic heterocycles.